The van der Waals surface area contributed by atoms with Crippen molar-refractivity contribution in [3.63, 3.8) is 0 Å². The Morgan fingerprint density at radius 1 is 1.18 bits per heavy atom. The lowest BCUT2D eigenvalue weighted by Crippen LogP contribution is -2.34. The predicted octanol–water partition coefficient (Wildman–Crippen LogP) is 2.34. The first-order valence-electron chi connectivity index (χ1n) is 4.91. The fraction of sp³-hybridized carbons (Fsp3) is 1.00. The van der Waals surface area contributed by atoms with Crippen molar-refractivity contribution in [3.8, 4) is 0 Å². The predicted molar refractivity (Wildman–Crippen MR) is 45.3 cm³/mol. The Morgan fingerprint density at radius 3 is 2.73 bits per heavy atom. The lowest BCUT2D eigenvalue weighted by molar-refractivity contribution is 0.0138. The monoisotopic (exact) mass is 154 g/mol. The highest BCUT2D eigenvalue weighted by Gasteiger charge is 2.46. The van der Waals surface area contributed by atoms with Crippen LogP contribution in [0.1, 0.15) is 45.4 Å². The minimum Gasteiger partial charge on any atom is -0.393 e. The van der Waals surface area contributed by atoms with Crippen LogP contribution in [0, 0.1) is 11.3 Å². The molecule has 3 atom stereocenters. The largest absolute Gasteiger partial charge is 0.393 e. The van der Waals surface area contributed by atoms with Gasteiger partial charge in [-0.1, -0.05) is 19.8 Å². The third-order valence-corrected chi connectivity index (χ3v) is 4.00. The number of aliphatic hydroxyl groups excluding tert-OH is 1. The van der Waals surface area contributed by atoms with Crippen LogP contribution in [0.2, 0.25) is 0 Å². The van der Waals surface area contributed by atoms with E-state index in [1.165, 1.54) is 32.1 Å². The molecule has 0 saturated heterocycles. The van der Waals surface area contributed by atoms with Gasteiger partial charge >= 0.3 is 0 Å². The quantitative estimate of drug-likeness (QED) is 0.568. The van der Waals surface area contributed by atoms with Crippen LogP contribution in [0.5, 0.6) is 0 Å². The first-order valence-corrected chi connectivity index (χ1v) is 4.91. The molecule has 0 spiro atoms. The lowest BCUT2D eigenvalue weighted by atomic mass is 9.69. The molecule has 1 nitrogen and oxygen atoms in total. The number of aliphatic hydroxyl groups is 1. The van der Waals surface area contributed by atoms with E-state index in [2.05, 4.69) is 6.92 Å². The highest BCUT2D eigenvalue weighted by molar-refractivity contribution is 4.96. The maximum atomic E-state index is 9.78. The Morgan fingerprint density at radius 2 is 2.00 bits per heavy atom. The van der Waals surface area contributed by atoms with E-state index in [1.54, 1.807) is 0 Å². The van der Waals surface area contributed by atoms with Gasteiger partial charge in [-0.05, 0) is 37.0 Å². The van der Waals surface area contributed by atoms with Crippen LogP contribution in [-0.2, 0) is 0 Å². The molecule has 0 aromatic carbocycles. The van der Waals surface area contributed by atoms with Gasteiger partial charge in [-0.3, -0.25) is 0 Å². The van der Waals surface area contributed by atoms with Crippen molar-refractivity contribution in [1.82, 2.24) is 0 Å². The normalized spacial score (nSPS) is 50.7. The summed E-state index contributed by atoms with van der Waals surface area (Å²) in [7, 11) is 0. The molecule has 0 radical (unpaired) electrons. The van der Waals surface area contributed by atoms with E-state index < -0.39 is 0 Å². The molecule has 2 saturated carbocycles. The second kappa shape index (κ2) is 2.48. The molecule has 0 amide bonds. The van der Waals surface area contributed by atoms with E-state index in [0.717, 1.165) is 12.3 Å². The van der Waals surface area contributed by atoms with Gasteiger partial charge in [0.05, 0.1) is 6.10 Å². The minimum atomic E-state index is 0.00722. The fourth-order valence-electron chi connectivity index (χ4n) is 3.03. The third-order valence-electron chi connectivity index (χ3n) is 4.00. The maximum Gasteiger partial charge on any atom is 0.0596 e. The zero-order chi connectivity index (χ0) is 7.90. The van der Waals surface area contributed by atoms with E-state index in [9.17, 15) is 5.11 Å². The molecular weight excluding hydrogens is 136 g/mol. The Labute approximate surface area is 68.8 Å². The number of rotatable bonds is 0. The maximum absolute atomic E-state index is 9.78. The van der Waals surface area contributed by atoms with Crippen LogP contribution in [0.4, 0.5) is 0 Å². The van der Waals surface area contributed by atoms with Gasteiger partial charge in [0, 0.05) is 0 Å². The molecule has 0 aromatic rings. The summed E-state index contributed by atoms with van der Waals surface area (Å²) in [6, 6.07) is 0. The highest BCUT2D eigenvalue weighted by Crippen LogP contribution is 2.51. The lowest BCUT2D eigenvalue weighted by Gasteiger charge is -2.38. The summed E-state index contributed by atoms with van der Waals surface area (Å²) in [5, 5.41) is 9.78. The van der Waals surface area contributed by atoms with Crippen LogP contribution >= 0.6 is 0 Å². The molecule has 1 heteroatoms. The molecular formula is C10H18O. The standard InChI is InChI=1S/C10H18O/c1-10-7-3-2-4-8(10)5-6-9(10)11/h8-9,11H,2-7H2,1H3/t8?,9-,10+/m1/s1. The summed E-state index contributed by atoms with van der Waals surface area (Å²) >= 11 is 0. The molecule has 0 aliphatic heterocycles. The Bertz CT molecular complexity index is 153. The average Bonchev–Trinajstić information content (AvgIpc) is 2.29. The first kappa shape index (κ1) is 7.60. The smallest absolute Gasteiger partial charge is 0.0596 e. The van der Waals surface area contributed by atoms with Gasteiger partial charge in [0.1, 0.15) is 0 Å². The van der Waals surface area contributed by atoms with Crippen LogP contribution in [0.3, 0.4) is 0 Å². The average molecular weight is 154 g/mol. The minimum absolute atomic E-state index is 0.00722. The summed E-state index contributed by atoms with van der Waals surface area (Å²) in [5.74, 6) is 0.839. The van der Waals surface area contributed by atoms with E-state index >= 15 is 0 Å². The molecule has 2 rings (SSSR count). The van der Waals surface area contributed by atoms with Gasteiger partial charge in [0.25, 0.3) is 0 Å². The van der Waals surface area contributed by atoms with Crippen LogP contribution in [0.25, 0.3) is 0 Å². The molecule has 1 unspecified atom stereocenters. The van der Waals surface area contributed by atoms with Crippen molar-refractivity contribution in [2.75, 3.05) is 0 Å². The van der Waals surface area contributed by atoms with Crippen molar-refractivity contribution >= 4 is 0 Å². The van der Waals surface area contributed by atoms with Crippen molar-refractivity contribution in [3.05, 3.63) is 0 Å². The van der Waals surface area contributed by atoms with Crippen molar-refractivity contribution in [1.29, 1.82) is 0 Å². The molecule has 2 aliphatic rings. The van der Waals surface area contributed by atoms with E-state index in [4.69, 9.17) is 0 Å². The van der Waals surface area contributed by atoms with Crippen LogP contribution < -0.4 is 0 Å². The first-order chi connectivity index (χ1) is 5.23. The summed E-state index contributed by atoms with van der Waals surface area (Å²) in [6.45, 7) is 2.29. The van der Waals surface area contributed by atoms with Gasteiger partial charge in [-0.2, -0.15) is 0 Å². The van der Waals surface area contributed by atoms with Gasteiger partial charge in [0.2, 0.25) is 0 Å². The van der Waals surface area contributed by atoms with E-state index in [1.807, 2.05) is 0 Å². The Kier molecular flexibility index (Phi) is 1.71. The van der Waals surface area contributed by atoms with Gasteiger partial charge in [-0.15, -0.1) is 0 Å². The molecule has 0 aromatic heterocycles. The number of hydrogen-bond donors (Lipinski definition) is 1. The van der Waals surface area contributed by atoms with Gasteiger partial charge in [-0.25, -0.2) is 0 Å². The fourth-order valence-corrected chi connectivity index (χ4v) is 3.03. The second-order valence-electron chi connectivity index (χ2n) is 4.54. The van der Waals surface area contributed by atoms with Crippen LogP contribution in [0.15, 0.2) is 0 Å². The molecule has 0 bridgehead atoms. The summed E-state index contributed by atoms with van der Waals surface area (Å²) in [4.78, 5) is 0. The SMILES string of the molecule is C[C@]12CCCCC1CC[C@H]2O. The number of hydrogen-bond acceptors (Lipinski definition) is 1. The Hall–Kier alpha value is -0.0400. The molecule has 64 valence electrons. The van der Waals surface area contributed by atoms with Gasteiger partial charge in [0.15, 0.2) is 0 Å². The number of fused-ring (bicyclic) bond motifs is 1. The third kappa shape index (κ3) is 1.01. The molecule has 2 fully saturated rings. The summed E-state index contributed by atoms with van der Waals surface area (Å²) in [6.07, 6.45) is 7.70. The highest BCUT2D eigenvalue weighted by atomic mass is 16.3. The molecule has 0 heterocycles. The van der Waals surface area contributed by atoms with Crippen molar-refractivity contribution in [2.45, 2.75) is 51.6 Å². The zero-order valence-corrected chi connectivity index (χ0v) is 7.34. The van der Waals surface area contributed by atoms with Gasteiger partial charge < -0.3 is 5.11 Å². The second-order valence-corrected chi connectivity index (χ2v) is 4.54. The topological polar surface area (TPSA) is 20.2 Å². The van der Waals surface area contributed by atoms with E-state index in [0.29, 0.717) is 5.41 Å². The molecule has 2 aliphatic carbocycles. The Balaban J connectivity index is 2.16. The molecule has 1 N–H and O–H groups in total. The van der Waals surface area contributed by atoms with E-state index in [-0.39, 0.29) is 6.10 Å². The summed E-state index contributed by atoms with van der Waals surface area (Å²) in [5.41, 5.74) is 0.304. The van der Waals surface area contributed by atoms with Crippen molar-refractivity contribution < 1.29 is 5.11 Å². The molecule has 11 heavy (non-hydrogen) atoms. The van der Waals surface area contributed by atoms with Crippen molar-refractivity contribution in [2.24, 2.45) is 11.3 Å². The van der Waals surface area contributed by atoms with Crippen LogP contribution in [-0.4, -0.2) is 11.2 Å². The zero-order valence-electron chi connectivity index (χ0n) is 7.34. The summed E-state index contributed by atoms with van der Waals surface area (Å²) < 4.78 is 0.